The van der Waals surface area contributed by atoms with E-state index in [2.05, 4.69) is 10.3 Å². The summed E-state index contributed by atoms with van der Waals surface area (Å²) >= 11 is 0. The molecule has 2 N–H and O–H groups in total. The highest BCUT2D eigenvalue weighted by molar-refractivity contribution is 5.72. The van der Waals surface area contributed by atoms with Crippen LogP contribution in [-0.4, -0.2) is 18.1 Å². The van der Waals surface area contributed by atoms with Gasteiger partial charge in [-0.05, 0) is 56.0 Å². The number of benzene rings is 1. The quantitative estimate of drug-likeness (QED) is 0.846. The molecule has 0 spiro atoms. The van der Waals surface area contributed by atoms with Gasteiger partial charge in [0.25, 0.3) is 0 Å². The van der Waals surface area contributed by atoms with E-state index >= 15 is 0 Å². The van der Waals surface area contributed by atoms with Gasteiger partial charge in [-0.2, -0.15) is 0 Å². The number of hydrogen-bond acceptors (Lipinski definition) is 3. The van der Waals surface area contributed by atoms with Crippen molar-refractivity contribution in [1.29, 1.82) is 0 Å². The average Bonchev–Trinajstić information content (AvgIpc) is 2.92. The fraction of sp³-hybridized carbons (Fsp3) is 0.462. The van der Waals surface area contributed by atoms with E-state index < -0.39 is 0 Å². The predicted molar refractivity (Wildman–Crippen MR) is 66.1 cm³/mol. The van der Waals surface area contributed by atoms with Crippen LogP contribution in [0.25, 0.3) is 11.1 Å². The number of H-pyrrole nitrogens is 1. The van der Waals surface area contributed by atoms with Gasteiger partial charge in [-0.1, -0.05) is 6.07 Å². The summed E-state index contributed by atoms with van der Waals surface area (Å²) in [7, 11) is 0. The van der Waals surface area contributed by atoms with E-state index in [4.69, 9.17) is 4.42 Å². The van der Waals surface area contributed by atoms with Gasteiger partial charge in [0.15, 0.2) is 5.58 Å². The average molecular weight is 232 g/mol. The standard InChI is InChI=1S/C13H16N2O2/c16-13-15-11-7-9(3-4-12(11)17-13)1-2-10-5-6-14-8-10/h3-4,7,10,14H,1-2,5-6,8H2,(H,15,16). The molecule has 0 amide bonds. The van der Waals surface area contributed by atoms with E-state index in [0.29, 0.717) is 5.58 Å². The maximum atomic E-state index is 11.0. The molecule has 17 heavy (non-hydrogen) atoms. The first kappa shape index (κ1) is 10.6. The number of oxazole rings is 1. The lowest BCUT2D eigenvalue weighted by atomic mass is 9.99. The third kappa shape index (κ3) is 2.26. The number of rotatable bonds is 3. The van der Waals surface area contributed by atoms with Crippen LogP contribution in [0.5, 0.6) is 0 Å². The van der Waals surface area contributed by atoms with Crippen LogP contribution in [0.3, 0.4) is 0 Å². The Morgan fingerprint density at radius 3 is 3.18 bits per heavy atom. The largest absolute Gasteiger partial charge is 0.417 e. The molecular weight excluding hydrogens is 216 g/mol. The van der Waals surface area contributed by atoms with E-state index in [1.54, 1.807) is 0 Å². The first-order chi connectivity index (χ1) is 8.31. The van der Waals surface area contributed by atoms with Gasteiger partial charge in [0.2, 0.25) is 0 Å². The smallest absolute Gasteiger partial charge is 0.408 e. The van der Waals surface area contributed by atoms with Crippen molar-refractivity contribution in [3.63, 3.8) is 0 Å². The van der Waals surface area contributed by atoms with Crippen LogP contribution >= 0.6 is 0 Å². The molecule has 90 valence electrons. The molecule has 0 bridgehead atoms. The van der Waals surface area contributed by atoms with E-state index in [1.807, 2.05) is 18.2 Å². The van der Waals surface area contributed by atoms with E-state index in [0.717, 1.165) is 30.9 Å². The molecule has 2 heterocycles. The van der Waals surface area contributed by atoms with Crippen molar-refractivity contribution in [1.82, 2.24) is 10.3 Å². The fourth-order valence-electron chi connectivity index (χ4n) is 2.49. The minimum absolute atomic E-state index is 0.378. The van der Waals surface area contributed by atoms with Crippen LogP contribution in [0.15, 0.2) is 27.4 Å². The van der Waals surface area contributed by atoms with Crippen LogP contribution in [0.4, 0.5) is 0 Å². The molecule has 0 saturated carbocycles. The van der Waals surface area contributed by atoms with Gasteiger partial charge in [0.1, 0.15) is 0 Å². The molecule has 4 heteroatoms. The Morgan fingerprint density at radius 2 is 2.35 bits per heavy atom. The summed E-state index contributed by atoms with van der Waals surface area (Å²) in [5.41, 5.74) is 2.71. The van der Waals surface area contributed by atoms with Crippen molar-refractivity contribution in [2.45, 2.75) is 19.3 Å². The summed E-state index contributed by atoms with van der Waals surface area (Å²) in [6.07, 6.45) is 3.56. The first-order valence-electron chi connectivity index (χ1n) is 6.14. The summed E-state index contributed by atoms with van der Waals surface area (Å²) < 4.78 is 4.98. The lowest BCUT2D eigenvalue weighted by Gasteiger charge is -2.07. The predicted octanol–water partition coefficient (Wildman–Crippen LogP) is 1.66. The lowest BCUT2D eigenvalue weighted by Crippen LogP contribution is -2.09. The van der Waals surface area contributed by atoms with Gasteiger partial charge in [-0.3, -0.25) is 4.98 Å². The zero-order valence-electron chi connectivity index (χ0n) is 9.66. The van der Waals surface area contributed by atoms with Crippen LogP contribution in [0.2, 0.25) is 0 Å². The molecule has 4 nitrogen and oxygen atoms in total. The summed E-state index contributed by atoms with van der Waals surface area (Å²) in [6.45, 7) is 2.30. The Morgan fingerprint density at radius 1 is 1.41 bits per heavy atom. The lowest BCUT2D eigenvalue weighted by molar-refractivity contribution is 0.533. The summed E-state index contributed by atoms with van der Waals surface area (Å²) in [5, 5.41) is 3.38. The molecule has 1 atom stereocenters. The molecule has 0 radical (unpaired) electrons. The van der Waals surface area contributed by atoms with Crippen LogP contribution in [0, 0.1) is 5.92 Å². The van der Waals surface area contributed by atoms with Crippen LogP contribution in [-0.2, 0) is 6.42 Å². The number of fused-ring (bicyclic) bond motifs is 1. The van der Waals surface area contributed by atoms with E-state index in [1.165, 1.54) is 18.4 Å². The SMILES string of the molecule is O=c1[nH]c2cc(CCC3CCNC3)ccc2o1. The second kappa shape index (κ2) is 4.37. The van der Waals surface area contributed by atoms with Crippen LogP contribution < -0.4 is 11.1 Å². The Kier molecular flexibility index (Phi) is 2.73. The van der Waals surface area contributed by atoms with E-state index in [-0.39, 0.29) is 5.76 Å². The zero-order valence-corrected chi connectivity index (χ0v) is 9.66. The Hall–Kier alpha value is -1.55. The highest BCUT2D eigenvalue weighted by Crippen LogP contribution is 2.18. The molecular formula is C13H16N2O2. The maximum Gasteiger partial charge on any atom is 0.417 e. The maximum absolute atomic E-state index is 11.0. The minimum atomic E-state index is -0.378. The monoisotopic (exact) mass is 232 g/mol. The Bertz CT molecular complexity index is 564. The number of hydrogen-bond donors (Lipinski definition) is 2. The van der Waals surface area contributed by atoms with Gasteiger partial charge < -0.3 is 9.73 Å². The zero-order chi connectivity index (χ0) is 11.7. The molecule has 1 unspecified atom stereocenters. The van der Waals surface area contributed by atoms with Gasteiger partial charge >= 0.3 is 5.76 Å². The van der Waals surface area contributed by atoms with Gasteiger partial charge in [0, 0.05) is 0 Å². The van der Waals surface area contributed by atoms with Gasteiger partial charge in [-0.25, -0.2) is 4.79 Å². The second-order valence-electron chi connectivity index (χ2n) is 4.74. The molecule has 2 aromatic rings. The molecule has 1 aromatic heterocycles. The molecule has 1 saturated heterocycles. The highest BCUT2D eigenvalue weighted by atomic mass is 16.4. The molecule has 1 aliphatic heterocycles. The van der Waals surface area contributed by atoms with Crippen molar-refractivity contribution in [2.75, 3.05) is 13.1 Å². The van der Waals surface area contributed by atoms with Gasteiger partial charge in [-0.15, -0.1) is 0 Å². The third-order valence-corrected chi connectivity index (χ3v) is 3.49. The number of nitrogens with one attached hydrogen (secondary N) is 2. The Labute approximate surface area is 99.0 Å². The number of aromatic nitrogens is 1. The molecule has 1 aromatic carbocycles. The molecule has 0 aliphatic carbocycles. The normalized spacial score (nSPS) is 20.1. The Balaban J connectivity index is 1.73. The molecule has 3 rings (SSSR count). The van der Waals surface area contributed by atoms with Crippen LogP contribution in [0.1, 0.15) is 18.4 Å². The first-order valence-corrected chi connectivity index (χ1v) is 6.14. The molecule has 1 aliphatic rings. The van der Waals surface area contributed by atoms with Gasteiger partial charge in [0.05, 0.1) is 5.52 Å². The summed E-state index contributed by atoms with van der Waals surface area (Å²) in [6, 6.07) is 5.93. The van der Waals surface area contributed by atoms with Crippen molar-refractivity contribution in [3.8, 4) is 0 Å². The fourth-order valence-corrected chi connectivity index (χ4v) is 2.49. The highest BCUT2D eigenvalue weighted by Gasteiger charge is 2.14. The summed E-state index contributed by atoms with van der Waals surface area (Å²) in [5.74, 6) is 0.422. The second-order valence-corrected chi connectivity index (χ2v) is 4.74. The molecule has 1 fully saturated rings. The minimum Gasteiger partial charge on any atom is -0.408 e. The summed E-state index contributed by atoms with van der Waals surface area (Å²) in [4.78, 5) is 13.7. The van der Waals surface area contributed by atoms with Crippen molar-refractivity contribution in [2.24, 2.45) is 5.92 Å². The van der Waals surface area contributed by atoms with Crippen molar-refractivity contribution >= 4 is 11.1 Å². The number of aryl methyl sites for hydroxylation is 1. The topological polar surface area (TPSA) is 58.0 Å². The van der Waals surface area contributed by atoms with Crippen molar-refractivity contribution in [3.05, 3.63) is 34.3 Å². The number of aromatic amines is 1. The van der Waals surface area contributed by atoms with Crippen molar-refractivity contribution < 1.29 is 4.42 Å². The third-order valence-electron chi connectivity index (χ3n) is 3.49. The van der Waals surface area contributed by atoms with E-state index in [9.17, 15) is 4.79 Å².